The van der Waals surface area contributed by atoms with E-state index < -0.39 is 24.1 Å². The van der Waals surface area contributed by atoms with E-state index in [1.807, 2.05) is 25.1 Å². The molecule has 0 aliphatic carbocycles. The van der Waals surface area contributed by atoms with Crippen LogP contribution < -0.4 is 10.1 Å². The van der Waals surface area contributed by atoms with Crippen molar-refractivity contribution in [1.29, 1.82) is 0 Å². The van der Waals surface area contributed by atoms with Crippen LogP contribution in [-0.2, 0) is 14.3 Å². The summed E-state index contributed by atoms with van der Waals surface area (Å²) < 4.78 is 10.8. The number of halogens is 1. The Morgan fingerprint density at radius 1 is 1.08 bits per heavy atom. The van der Waals surface area contributed by atoms with Crippen molar-refractivity contribution in [3.8, 4) is 5.75 Å². The van der Waals surface area contributed by atoms with Crippen molar-refractivity contribution in [1.82, 2.24) is 0 Å². The fraction of sp³-hybridized carbons (Fsp3) is 0.263. The number of nitrogens with one attached hydrogen (secondary N) is 1. The molecule has 0 spiro atoms. The number of ether oxygens (including phenoxy) is 2. The van der Waals surface area contributed by atoms with Gasteiger partial charge in [0, 0.05) is 0 Å². The van der Waals surface area contributed by atoms with E-state index in [1.165, 1.54) is 6.92 Å². The monoisotopic (exact) mass is 361 g/mol. The summed E-state index contributed by atoms with van der Waals surface area (Å²) >= 11 is 6.00. The van der Waals surface area contributed by atoms with Gasteiger partial charge in [-0.15, -0.1) is 0 Å². The van der Waals surface area contributed by atoms with Gasteiger partial charge in [0.2, 0.25) is 0 Å². The van der Waals surface area contributed by atoms with Crippen LogP contribution >= 0.6 is 11.6 Å². The number of hydrogen-bond acceptors (Lipinski definition) is 4. The van der Waals surface area contributed by atoms with Crippen molar-refractivity contribution in [3.63, 3.8) is 0 Å². The summed E-state index contributed by atoms with van der Waals surface area (Å²) in [4.78, 5) is 24.4. The quantitative estimate of drug-likeness (QED) is 0.755. The van der Waals surface area contributed by atoms with Gasteiger partial charge >= 0.3 is 5.97 Å². The average Bonchev–Trinajstić information content (AvgIpc) is 2.62. The smallest absolute Gasteiger partial charge is 0.348 e. The molecule has 0 saturated carbocycles. The van der Waals surface area contributed by atoms with Gasteiger partial charge in [0.15, 0.2) is 12.2 Å². The summed E-state index contributed by atoms with van der Waals surface area (Å²) in [5.41, 5.74) is 0.463. The number of para-hydroxylation sites is 2. The summed E-state index contributed by atoms with van der Waals surface area (Å²) in [6.45, 7) is 3.31. The zero-order valence-electron chi connectivity index (χ0n) is 14.1. The molecule has 0 fully saturated rings. The SMILES string of the molecule is CC[C@H](Oc1ccccc1)C(=O)O[C@H](C)C(=O)Nc1ccccc1Cl. The fourth-order valence-electron chi connectivity index (χ4n) is 2.06. The number of hydrogen-bond donors (Lipinski definition) is 1. The van der Waals surface area contributed by atoms with Gasteiger partial charge in [-0.05, 0) is 37.6 Å². The molecule has 0 aromatic heterocycles. The van der Waals surface area contributed by atoms with Crippen molar-refractivity contribution < 1.29 is 19.1 Å². The molecular weight excluding hydrogens is 342 g/mol. The highest BCUT2D eigenvalue weighted by molar-refractivity contribution is 6.33. The molecule has 0 bridgehead atoms. The molecule has 2 aromatic carbocycles. The first kappa shape index (κ1) is 18.8. The van der Waals surface area contributed by atoms with Crippen molar-refractivity contribution in [2.75, 3.05) is 5.32 Å². The first-order valence-electron chi connectivity index (χ1n) is 7.98. The molecule has 6 heteroatoms. The second-order valence-electron chi connectivity index (χ2n) is 5.38. The van der Waals surface area contributed by atoms with Gasteiger partial charge in [-0.1, -0.05) is 48.9 Å². The van der Waals surface area contributed by atoms with Gasteiger partial charge in [0.05, 0.1) is 10.7 Å². The predicted molar refractivity (Wildman–Crippen MR) is 96.8 cm³/mol. The molecule has 0 aliphatic rings. The topological polar surface area (TPSA) is 64.6 Å². The first-order valence-corrected chi connectivity index (χ1v) is 8.36. The van der Waals surface area contributed by atoms with Crippen molar-refractivity contribution in [2.24, 2.45) is 0 Å². The lowest BCUT2D eigenvalue weighted by Crippen LogP contribution is -2.36. The molecular formula is C19H20ClNO4. The highest BCUT2D eigenvalue weighted by atomic mass is 35.5. The van der Waals surface area contributed by atoms with E-state index in [-0.39, 0.29) is 0 Å². The van der Waals surface area contributed by atoms with Crippen LogP contribution in [0.1, 0.15) is 20.3 Å². The van der Waals surface area contributed by atoms with Gasteiger partial charge < -0.3 is 14.8 Å². The van der Waals surface area contributed by atoms with Crippen LogP contribution in [-0.4, -0.2) is 24.1 Å². The maximum atomic E-state index is 12.3. The number of carbonyl (C=O) groups is 2. The zero-order valence-corrected chi connectivity index (χ0v) is 14.8. The maximum absolute atomic E-state index is 12.3. The lowest BCUT2D eigenvalue weighted by molar-refractivity contribution is -0.160. The Labute approximate surface area is 151 Å². The lowest BCUT2D eigenvalue weighted by Gasteiger charge is -2.19. The number of carbonyl (C=O) groups excluding carboxylic acids is 2. The van der Waals surface area contributed by atoms with Crippen LogP contribution in [0, 0.1) is 0 Å². The van der Waals surface area contributed by atoms with Crippen LogP contribution in [0.15, 0.2) is 54.6 Å². The summed E-state index contributed by atoms with van der Waals surface area (Å²) in [6.07, 6.45) is -1.33. The van der Waals surface area contributed by atoms with Crippen LogP contribution in [0.25, 0.3) is 0 Å². The van der Waals surface area contributed by atoms with E-state index in [1.54, 1.807) is 36.4 Å². The summed E-state index contributed by atoms with van der Waals surface area (Å²) in [6, 6.07) is 15.8. The van der Waals surface area contributed by atoms with E-state index in [0.717, 1.165) is 0 Å². The summed E-state index contributed by atoms with van der Waals surface area (Å²) in [5.74, 6) is -0.483. The Balaban J connectivity index is 1.93. The standard InChI is InChI=1S/C19H20ClNO4/c1-3-17(25-14-9-5-4-6-10-14)19(23)24-13(2)18(22)21-16-12-8-7-11-15(16)20/h4-13,17H,3H2,1-2H3,(H,21,22)/t13-,17+/m1/s1. The highest BCUT2D eigenvalue weighted by Gasteiger charge is 2.25. The molecule has 25 heavy (non-hydrogen) atoms. The second kappa shape index (κ2) is 9.08. The number of benzene rings is 2. The van der Waals surface area contributed by atoms with Crippen LogP contribution in [0.4, 0.5) is 5.69 Å². The van der Waals surface area contributed by atoms with Crippen LogP contribution in [0.3, 0.4) is 0 Å². The molecule has 0 heterocycles. The van der Waals surface area contributed by atoms with E-state index in [9.17, 15) is 9.59 Å². The third kappa shape index (κ3) is 5.50. The largest absolute Gasteiger partial charge is 0.479 e. The minimum Gasteiger partial charge on any atom is -0.479 e. The predicted octanol–water partition coefficient (Wildman–Crippen LogP) is 4.07. The summed E-state index contributed by atoms with van der Waals surface area (Å²) in [5, 5.41) is 3.04. The van der Waals surface area contributed by atoms with Crippen molar-refractivity contribution in [2.45, 2.75) is 32.5 Å². The molecule has 2 rings (SSSR count). The minimum absolute atomic E-state index is 0.410. The van der Waals surface area contributed by atoms with E-state index >= 15 is 0 Å². The van der Waals surface area contributed by atoms with E-state index in [2.05, 4.69) is 5.32 Å². The number of esters is 1. The molecule has 2 atom stereocenters. The molecule has 0 saturated heterocycles. The van der Waals surface area contributed by atoms with Crippen molar-refractivity contribution in [3.05, 3.63) is 59.6 Å². The molecule has 0 radical (unpaired) electrons. The Bertz CT molecular complexity index is 720. The molecule has 0 aliphatic heterocycles. The molecule has 1 N–H and O–H groups in total. The van der Waals surface area contributed by atoms with E-state index in [0.29, 0.717) is 22.9 Å². The Morgan fingerprint density at radius 3 is 2.36 bits per heavy atom. The molecule has 2 aromatic rings. The third-order valence-electron chi connectivity index (χ3n) is 3.45. The maximum Gasteiger partial charge on any atom is 0.348 e. The average molecular weight is 362 g/mol. The third-order valence-corrected chi connectivity index (χ3v) is 3.78. The Kier molecular flexibility index (Phi) is 6.83. The normalized spacial score (nSPS) is 12.8. The molecule has 5 nitrogen and oxygen atoms in total. The fourth-order valence-corrected chi connectivity index (χ4v) is 2.25. The van der Waals surface area contributed by atoms with E-state index in [4.69, 9.17) is 21.1 Å². The molecule has 1 amide bonds. The first-order chi connectivity index (χ1) is 12.0. The highest BCUT2D eigenvalue weighted by Crippen LogP contribution is 2.21. The Morgan fingerprint density at radius 2 is 1.72 bits per heavy atom. The summed E-state index contributed by atoms with van der Waals surface area (Å²) in [7, 11) is 0. The van der Waals surface area contributed by atoms with Crippen LogP contribution in [0.2, 0.25) is 5.02 Å². The van der Waals surface area contributed by atoms with Crippen molar-refractivity contribution >= 4 is 29.2 Å². The van der Waals surface area contributed by atoms with Gasteiger partial charge in [0.1, 0.15) is 5.75 Å². The second-order valence-corrected chi connectivity index (χ2v) is 5.78. The van der Waals surface area contributed by atoms with Gasteiger partial charge in [-0.2, -0.15) is 0 Å². The number of anilines is 1. The van der Waals surface area contributed by atoms with Gasteiger partial charge in [-0.3, -0.25) is 4.79 Å². The zero-order chi connectivity index (χ0) is 18.2. The van der Waals surface area contributed by atoms with Gasteiger partial charge in [-0.25, -0.2) is 4.79 Å². The molecule has 0 unspecified atom stereocenters. The van der Waals surface area contributed by atoms with Crippen LogP contribution in [0.5, 0.6) is 5.75 Å². The molecule has 132 valence electrons. The minimum atomic E-state index is -0.975. The lowest BCUT2D eigenvalue weighted by atomic mass is 10.2. The number of rotatable bonds is 7. The van der Waals surface area contributed by atoms with Gasteiger partial charge in [0.25, 0.3) is 5.91 Å². The Hall–Kier alpha value is -2.53. The number of amides is 1.